The number of aromatic nitrogens is 1. The molecule has 0 bridgehead atoms. The van der Waals surface area contributed by atoms with Gasteiger partial charge in [0.05, 0.1) is 17.4 Å². The molecular formula is C29H39N5O5. The predicted molar refractivity (Wildman–Crippen MR) is 147 cm³/mol. The third-order valence-electron chi connectivity index (χ3n) is 7.78. The first-order valence-electron chi connectivity index (χ1n) is 13.5. The van der Waals surface area contributed by atoms with Gasteiger partial charge in [0.15, 0.2) is 0 Å². The van der Waals surface area contributed by atoms with E-state index in [0.29, 0.717) is 56.0 Å². The Balaban J connectivity index is 1.86. The highest BCUT2D eigenvalue weighted by Gasteiger charge is 2.54. The molecule has 1 aliphatic carbocycles. The number of unbranched alkanes of at least 4 members (excludes halogenated alkanes) is 1. The van der Waals surface area contributed by atoms with E-state index in [1.54, 1.807) is 31.3 Å². The van der Waals surface area contributed by atoms with Crippen molar-refractivity contribution in [3.05, 3.63) is 35.5 Å². The number of aryl methyl sites for hydroxylation is 1. The summed E-state index contributed by atoms with van der Waals surface area (Å²) in [6.07, 6.45) is 3.47. The van der Waals surface area contributed by atoms with Crippen molar-refractivity contribution >= 4 is 34.6 Å². The monoisotopic (exact) mass is 537 g/mol. The Morgan fingerprint density at radius 1 is 1.21 bits per heavy atom. The molecule has 5 N–H and O–H groups in total. The van der Waals surface area contributed by atoms with Gasteiger partial charge in [0.1, 0.15) is 11.7 Å². The zero-order chi connectivity index (χ0) is 29.0. The second kappa shape index (κ2) is 11.9. The molecule has 0 radical (unpaired) electrons. The molecule has 0 saturated heterocycles. The highest BCUT2D eigenvalue weighted by atomic mass is 16.4. The van der Waals surface area contributed by atoms with E-state index < -0.39 is 40.6 Å². The first-order valence-corrected chi connectivity index (χ1v) is 13.5. The fraction of sp³-hybridized carbons (Fsp3) is 0.552. The van der Waals surface area contributed by atoms with Crippen LogP contribution in [-0.2, 0) is 26.8 Å². The lowest BCUT2D eigenvalue weighted by atomic mass is 9.60. The maximum absolute atomic E-state index is 13.7. The fourth-order valence-corrected chi connectivity index (χ4v) is 5.72. The number of para-hydroxylation sites is 1. The molecule has 10 heteroatoms. The second-order valence-corrected chi connectivity index (χ2v) is 11.4. The molecule has 0 unspecified atom stereocenters. The largest absolute Gasteiger partial charge is 0.477 e. The topological polar surface area (TPSA) is 167 Å². The van der Waals surface area contributed by atoms with Crippen molar-refractivity contribution in [2.75, 3.05) is 6.54 Å². The van der Waals surface area contributed by atoms with Crippen LogP contribution in [0.2, 0.25) is 0 Å². The maximum atomic E-state index is 13.7. The number of hydrogen-bond donors (Lipinski definition) is 4. The molecule has 39 heavy (non-hydrogen) atoms. The highest BCUT2D eigenvalue weighted by molar-refractivity contribution is 6.06. The van der Waals surface area contributed by atoms with Crippen LogP contribution in [0.1, 0.15) is 81.8 Å². The Kier molecular flexibility index (Phi) is 9.05. The van der Waals surface area contributed by atoms with Crippen molar-refractivity contribution < 1.29 is 24.3 Å². The number of carbonyl (C=O) groups is 4. The SMILES string of the molecule is Cn1c(C(=O)O)c([C@]2(C(N)=O)CCCC[C@H]2C(=O)N[C@H](C#N)CCCCNC(=O)C(C)(C)C)c2ccccc21. The van der Waals surface area contributed by atoms with Crippen molar-refractivity contribution in [1.82, 2.24) is 15.2 Å². The van der Waals surface area contributed by atoms with Gasteiger partial charge in [-0.2, -0.15) is 5.26 Å². The van der Waals surface area contributed by atoms with E-state index in [2.05, 4.69) is 16.7 Å². The Morgan fingerprint density at radius 3 is 2.51 bits per heavy atom. The summed E-state index contributed by atoms with van der Waals surface area (Å²) in [5.41, 5.74) is 4.85. The van der Waals surface area contributed by atoms with Gasteiger partial charge in [0.25, 0.3) is 0 Å². The number of aromatic carboxylic acids is 1. The number of carboxylic acid groups (broad SMARTS) is 1. The number of carbonyl (C=O) groups excluding carboxylic acids is 3. The van der Waals surface area contributed by atoms with Crippen LogP contribution in [0.5, 0.6) is 0 Å². The Morgan fingerprint density at radius 2 is 1.90 bits per heavy atom. The van der Waals surface area contributed by atoms with Crippen molar-refractivity contribution in [3.63, 3.8) is 0 Å². The molecule has 3 atom stereocenters. The molecule has 3 rings (SSSR count). The number of amides is 3. The van der Waals surface area contributed by atoms with E-state index in [4.69, 9.17) is 5.73 Å². The van der Waals surface area contributed by atoms with Gasteiger partial charge < -0.3 is 26.0 Å². The molecule has 0 spiro atoms. The first kappa shape index (κ1) is 29.7. The molecule has 1 fully saturated rings. The minimum absolute atomic E-state index is 0.0538. The summed E-state index contributed by atoms with van der Waals surface area (Å²) in [5.74, 6) is -3.41. The zero-order valence-corrected chi connectivity index (χ0v) is 23.2. The molecule has 0 aliphatic heterocycles. The predicted octanol–water partition coefficient (Wildman–Crippen LogP) is 3.13. The van der Waals surface area contributed by atoms with Crippen molar-refractivity contribution in [2.24, 2.45) is 24.1 Å². The van der Waals surface area contributed by atoms with Crippen molar-refractivity contribution in [3.8, 4) is 6.07 Å². The van der Waals surface area contributed by atoms with Gasteiger partial charge in [0.2, 0.25) is 17.7 Å². The Labute approximate surface area is 228 Å². The molecule has 3 amide bonds. The summed E-state index contributed by atoms with van der Waals surface area (Å²) in [6.45, 7) is 5.96. The number of nitrogens with two attached hydrogens (primary N) is 1. The lowest BCUT2D eigenvalue weighted by Crippen LogP contribution is -2.55. The number of primary amides is 1. The van der Waals surface area contributed by atoms with Crippen molar-refractivity contribution in [1.29, 1.82) is 5.26 Å². The van der Waals surface area contributed by atoms with Crippen LogP contribution in [0.3, 0.4) is 0 Å². The molecular weight excluding hydrogens is 498 g/mol. The molecule has 1 heterocycles. The molecule has 1 aromatic carbocycles. The number of carboxylic acids is 1. The van der Waals surface area contributed by atoms with Crippen LogP contribution in [0, 0.1) is 22.7 Å². The third kappa shape index (κ3) is 5.92. The van der Waals surface area contributed by atoms with Gasteiger partial charge in [0, 0.05) is 35.5 Å². The van der Waals surface area contributed by atoms with Gasteiger partial charge in [-0.3, -0.25) is 14.4 Å². The summed E-state index contributed by atoms with van der Waals surface area (Å²) in [5, 5.41) is 26.1. The van der Waals surface area contributed by atoms with E-state index in [1.165, 1.54) is 4.57 Å². The second-order valence-electron chi connectivity index (χ2n) is 11.4. The van der Waals surface area contributed by atoms with E-state index in [9.17, 15) is 29.5 Å². The number of nitrogens with zero attached hydrogens (tertiary/aromatic N) is 2. The number of fused-ring (bicyclic) bond motifs is 1. The van der Waals surface area contributed by atoms with Crippen LogP contribution in [0.15, 0.2) is 24.3 Å². The number of hydrogen-bond acceptors (Lipinski definition) is 5. The summed E-state index contributed by atoms with van der Waals surface area (Å²) in [4.78, 5) is 51.4. The summed E-state index contributed by atoms with van der Waals surface area (Å²) >= 11 is 0. The minimum Gasteiger partial charge on any atom is -0.477 e. The van der Waals surface area contributed by atoms with Crippen LogP contribution in [0.4, 0.5) is 0 Å². The maximum Gasteiger partial charge on any atom is 0.352 e. The smallest absolute Gasteiger partial charge is 0.352 e. The highest BCUT2D eigenvalue weighted by Crippen LogP contribution is 2.48. The summed E-state index contributed by atoms with van der Waals surface area (Å²) in [6, 6.07) is 8.40. The Hall–Kier alpha value is -3.87. The van der Waals surface area contributed by atoms with E-state index in [0.717, 1.165) is 0 Å². The number of nitriles is 1. The third-order valence-corrected chi connectivity index (χ3v) is 7.78. The zero-order valence-electron chi connectivity index (χ0n) is 23.2. The molecule has 1 aromatic heterocycles. The average molecular weight is 538 g/mol. The van der Waals surface area contributed by atoms with Crippen molar-refractivity contribution in [2.45, 2.75) is 77.2 Å². The minimum atomic E-state index is -1.53. The lowest BCUT2D eigenvalue weighted by Gasteiger charge is -2.41. The first-order chi connectivity index (χ1) is 18.4. The normalized spacial score (nSPS) is 20.1. The molecule has 10 nitrogen and oxygen atoms in total. The van der Waals surface area contributed by atoms with Crippen LogP contribution < -0.4 is 16.4 Å². The van der Waals surface area contributed by atoms with E-state index >= 15 is 0 Å². The van der Waals surface area contributed by atoms with E-state index in [1.807, 2.05) is 20.8 Å². The van der Waals surface area contributed by atoms with Gasteiger partial charge >= 0.3 is 5.97 Å². The molecule has 1 saturated carbocycles. The van der Waals surface area contributed by atoms with Gasteiger partial charge in [-0.15, -0.1) is 0 Å². The van der Waals surface area contributed by atoms with Gasteiger partial charge in [-0.1, -0.05) is 51.8 Å². The Bertz CT molecular complexity index is 1300. The summed E-state index contributed by atoms with van der Waals surface area (Å²) < 4.78 is 1.53. The number of rotatable bonds is 10. The fourth-order valence-electron chi connectivity index (χ4n) is 5.72. The van der Waals surface area contributed by atoms with E-state index in [-0.39, 0.29) is 23.6 Å². The number of nitrogens with one attached hydrogen (secondary N) is 2. The standard InChI is InChI=1S/C29H39N5O5/c1-28(2,3)27(39)32-16-10-8-11-18(17-30)33-24(35)20-13-7-9-15-29(20,26(31)38)22-19-12-5-6-14-21(19)34(4)23(22)25(36)37/h5-6,12,14,18,20H,7-11,13,15-16H2,1-4H3,(H2,31,38)(H,32,39)(H,33,35)(H,36,37)/t18-,20-,29-/m0/s1. The average Bonchev–Trinajstić information content (AvgIpc) is 3.19. The molecule has 210 valence electrons. The van der Waals surface area contributed by atoms with Crippen LogP contribution in [-0.4, -0.2) is 46.0 Å². The van der Waals surface area contributed by atoms with Crippen LogP contribution >= 0.6 is 0 Å². The van der Waals surface area contributed by atoms with Gasteiger partial charge in [-0.25, -0.2) is 4.79 Å². The lowest BCUT2D eigenvalue weighted by molar-refractivity contribution is -0.137. The molecule has 2 aromatic rings. The number of benzene rings is 1. The van der Waals surface area contributed by atoms with Gasteiger partial charge in [-0.05, 0) is 38.2 Å². The molecule has 1 aliphatic rings. The summed E-state index contributed by atoms with van der Waals surface area (Å²) in [7, 11) is 1.62. The quantitative estimate of drug-likeness (QED) is 0.340. The van der Waals surface area contributed by atoms with Crippen LogP contribution in [0.25, 0.3) is 10.9 Å².